The number of anilines is 2. The zero-order valence-electron chi connectivity index (χ0n) is 21.0. The highest BCUT2D eigenvalue weighted by atomic mass is 32.1. The first-order valence-corrected chi connectivity index (χ1v) is 12.2. The Kier molecular flexibility index (Phi) is 7.68. The molecule has 1 heterocycles. The lowest BCUT2D eigenvalue weighted by molar-refractivity contribution is -0.124. The smallest absolute Gasteiger partial charge is 0.273 e. The first kappa shape index (κ1) is 26.7. The van der Waals surface area contributed by atoms with E-state index in [-0.39, 0.29) is 22.0 Å². The zero-order valence-corrected chi connectivity index (χ0v) is 21.8. The predicted molar refractivity (Wildman–Crippen MR) is 141 cm³/mol. The molecule has 0 aliphatic carbocycles. The van der Waals surface area contributed by atoms with Crippen molar-refractivity contribution >= 4 is 40.6 Å². The van der Waals surface area contributed by atoms with Gasteiger partial charge in [0.2, 0.25) is 5.91 Å². The zero-order chi connectivity index (χ0) is 26.8. The molecular formula is C26H31N5O4S. The SMILES string of the molecule is CCC(C)(C)NC(=O)[C@H](c1ccc(O)cc1)N(C(=O)c1snc(C(N)=O)c1N)c1ccc(C)c(C)c1. The number of aromatic nitrogens is 1. The number of nitrogen functional groups attached to an aromatic ring is 1. The number of benzene rings is 2. The number of nitrogens with zero attached hydrogens (tertiary/aromatic N) is 2. The number of hydrogen-bond acceptors (Lipinski definition) is 7. The van der Waals surface area contributed by atoms with E-state index in [0.717, 1.165) is 22.7 Å². The Bertz CT molecular complexity index is 1300. The van der Waals surface area contributed by atoms with Crippen molar-refractivity contribution in [3.05, 3.63) is 69.7 Å². The summed E-state index contributed by atoms with van der Waals surface area (Å²) in [6, 6.07) is 10.4. The van der Waals surface area contributed by atoms with Gasteiger partial charge in [-0.3, -0.25) is 19.3 Å². The molecule has 6 N–H and O–H groups in total. The van der Waals surface area contributed by atoms with Gasteiger partial charge >= 0.3 is 0 Å². The van der Waals surface area contributed by atoms with Crippen LogP contribution < -0.4 is 21.7 Å². The molecule has 10 heteroatoms. The van der Waals surface area contributed by atoms with E-state index in [1.165, 1.54) is 17.0 Å². The number of hydrogen-bond donors (Lipinski definition) is 4. The number of nitrogens with one attached hydrogen (secondary N) is 1. The normalized spacial score (nSPS) is 12.1. The standard InChI is InChI=1S/C26H31N5O4S/c1-6-26(4,5)29-24(34)21(16-8-11-18(32)12-9-16)31(17-10-7-14(2)15(3)13-17)25(35)22-19(27)20(23(28)33)30-36-22/h7-13,21,32H,6,27H2,1-5H3,(H2,28,33)(H,29,34)/t21-/m0/s1. The van der Waals surface area contributed by atoms with Crippen molar-refractivity contribution in [2.24, 2.45) is 5.73 Å². The lowest BCUT2D eigenvalue weighted by Gasteiger charge is -2.34. The fourth-order valence-corrected chi connectivity index (χ4v) is 4.30. The molecule has 3 rings (SSSR count). The van der Waals surface area contributed by atoms with Crippen LogP contribution in [0.25, 0.3) is 0 Å². The third kappa shape index (κ3) is 5.49. The lowest BCUT2D eigenvalue weighted by atomic mass is 9.97. The maximum Gasteiger partial charge on any atom is 0.273 e. The van der Waals surface area contributed by atoms with Crippen LogP contribution >= 0.6 is 11.5 Å². The van der Waals surface area contributed by atoms with E-state index in [9.17, 15) is 19.5 Å². The van der Waals surface area contributed by atoms with E-state index in [1.54, 1.807) is 18.2 Å². The Hall–Kier alpha value is -3.92. The molecular weight excluding hydrogens is 478 g/mol. The van der Waals surface area contributed by atoms with Gasteiger partial charge in [0.1, 0.15) is 16.7 Å². The first-order chi connectivity index (χ1) is 16.9. The second-order valence-corrected chi connectivity index (χ2v) is 10.1. The number of carbonyl (C=O) groups excluding carboxylic acids is 3. The second-order valence-electron chi connectivity index (χ2n) is 9.30. The van der Waals surface area contributed by atoms with Crippen LogP contribution in [0.2, 0.25) is 0 Å². The Morgan fingerprint density at radius 1 is 1.11 bits per heavy atom. The maximum absolute atomic E-state index is 14.1. The maximum atomic E-state index is 14.1. The van der Waals surface area contributed by atoms with Gasteiger partial charge in [0.15, 0.2) is 5.69 Å². The molecule has 0 unspecified atom stereocenters. The Morgan fingerprint density at radius 2 is 1.75 bits per heavy atom. The Labute approximate surface area is 214 Å². The van der Waals surface area contributed by atoms with E-state index in [1.807, 2.05) is 46.8 Å². The number of primary amides is 1. The molecule has 0 saturated carbocycles. The summed E-state index contributed by atoms with van der Waals surface area (Å²) in [4.78, 5) is 40.9. The van der Waals surface area contributed by atoms with Crippen LogP contribution in [0, 0.1) is 13.8 Å². The monoisotopic (exact) mass is 509 g/mol. The molecule has 190 valence electrons. The first-order valence-electron chi connectivity index (χ1n) is 11.4. The fourth-order valence-electron chi connectivity index (χ4n) is 3.56. The average Bonchev–Trinajstić information content (AvgIpc) is 3.21. The minimum absolute atomic E-state index is 0.00615. The molecule has 0 fully saturated rings. The van der Waals surface area contributed by atoms with Gasteiger partial charge in [-0.15, -0.1) is 0 Å². The molecule has 0 spiro atoms. The predicted octanol–water partition coefficient (Wildman–Crippen LogP) is 3.84. The molecule has 0 aliphatic rings. The third-order valence-corrected chi connectivity index (χ3v) is 7.05. The van der Waals surface area contributed by atoms with Crippen molar-refractivity contribution in [2.75, 3.05) is 10.6 Å². The van der Waals surface area contributed by atoms with Crippen LogP contribution in [0.1, 0.15) is 70.1 Å². The van der Waals surface area contributed by atoms with Crippen molar-refractivity contribution in [3.8, 4) is 5.75 Å². The number of aromatic hydroxyl groups is 1. The number of carbonyl (C=O) groups is 3. The number of rotatable bonds is 8. The summed E-state index contributed by atoms with van der Waals surface area (Å²) in [5.41, 5.74) is 13.4. The quantitative estimate of drug-likeness (QED) is 0.362. The highest BCUT2D eigenvalue weighted by Crippen LogP contribution is 2.35. The van der Waals surface area contributed by atoms with Crippen LogP contribution in [0.15, 0.2) is 42.5 Å². The lowest BCUT2D eigenvalue weighted by Crippen LogP contribution is -2.50. The van der Waals surface area contributed by atoms with Crippen molar-refractivity contribution in [1.29, 1.82) is 0 Å². The third-order valence-electron chi connectivity index (χ3n) is 6.20. The number of aryl methyl sites for hydroxylation is 2. The van der Waals surface area contributed by atoms with Gasteiger partial charge in [-0.25, -0.2) is 0 Å². The number of phenols is 1. The fraction of sp³-hybridized carbons (Fsp3) is 0.308. The molecule has 1 aromatic heterocycles. The summed E-state index contributed by atoms with van der Waals surface area (Å²) >= 11 is 0.749. The molecule has 0 aliphatic heterocycles. The van der Waals surface area contributed by atoms with E-state index < -0.39 is 29.3 Å². The van der Waals surface area contributed by atoms with Gasteiger partial charge < -0.3 is 21.9 Å². The van der Waals surface area contributed by atoms with Gasteiger partial charge in [-0.1, -0.05) is 25.1 Å². The van der Waals surface area contributed by atoms with Crippen molar-refractivity contribution in [1.82, 2.24) is 9.69 Å². The summed E-state index contributed by atoms with van der Waals surface area (Å²) < 4.78 is 3.97. The average molecular weight is 510 g/mol. The summed E-state index contributed by atoms with van der Waals surface area (Å²) in [7, 11) is 0. The number of nitrogens with two attached hydrogens (primary N) is 2. The van der Waals surface area contributed by atoms with Gasteiger partial charge in [0.25, 0.3) is 11.8 Å². The van der Waals surface area contributed by atoms with Crippen molar-refractivity contribution in [3.63, 3.8) is 0 Å². The number of phenolic OH excluding ortho intramolecular Hbond substituents is 1. The van der Waals surface area contributed by atoms with E-state index in [4.69, 9.17) is 11.5 Å². The molecule has 3 aromatic rings. The summed E-state index contributed by atoms with van der Waals surface area (Å²) in [5, 5.41) is 12.9. The Morgan fingerprint density at radius 3 is 2.28 bits per heavy atom. The number of amides is 3. The van der Waals surface area contributed by atoms with Crippen LogP contribution in [0.5, 0.6) is 5.75 Å². The molecule has 2 aromatic carbocycles. The molecule has 36 heavy (non-hydrogen) atoms. The highest BCUT2D eigenvalue weighted by Gasteiger charge is 2.37. The van der Waals surface area contributed by atoms with Crippen LogP contribution in [0.4, 0.5) is 11.4 Å². The summed E-state index contributed by atoms with van der Waals surface area (Å²) in [6.07, 6.45) is 0.655. The van der Waals surface area contributed by atoms with Crippen LogP contribution in [-0.2, 0) is 4.79 Å². The van der Waals surface area contributed by atoms with E-state index in [2.05, 4.69) is 9.69 Å². The minimum Gasteiger partial charge on any atom is -0.508 e. The topological polar surface area (TPSA) is 152 Å². The van der Waals surface area contributed by atoms with Gasteiger partial charge in [0, 0.05) is 11.2 Å². The van der Waals surface area contributed by atoms with Crippen LogP contribution in [-0.4, -0.2) is 32.7 Å². The van der Waals surface area contributed by atoms with Gasteiger partial charge in [-0.05, 0) is 86.6 Å². The summed E-state index contributed by atoms with van der Waals surface area (Å²) in [5.74, 6) is -1.85. The van der Waals surface area contributed by atoms with E-state index >= 15 is 0 Å². The molecule has 3 amide bonds. The van der Waals surface area contributed by atoms with Crippen molar-refractivity contribution in [2.45, 2.75) is 52.6 Å². The van der Waals surface area contributed by atoms with Gasteiger partial charge in [-0.2, -0.15) is 4.37 Å². The van der Waals surface area contributed by atoms with Gasteiger partial charge in [0.05, 0.1) is 5.69 Å². The Balaban J connectivity index is 2.26. The highest BCUT2D eigenvalue weighted by molar-refractivity contribution is 7.09. The molecule has 0 radical (unpaired) electrons. The molecule has 0 saturated heterocycles. The molecule has 0 bridgehead atoms. The summed E-state index contributed by atoms with van der Waals surface area (Å²) in [6.45, 7) is 9.58. The molecule has 1 atom stereocenters. The van der Waals surface area contributed by atoms with E-state index in [0.29, 0.717) is 17.7 Å². The molecule has 9 nitrogen and oxygen atoms in total. The van der Waals surface area contributed by atoms with Crippen molar-refractivity contribution < 1.29 is 19.5 Å². The second kappa shape index (κ2) is 10.4. The minimum atomic E-state index is -1.12. The van der Waals surface area contributed by atoms with Crippen LogP contribution in [0.3, 0.4) is 0 Å². The largest absolute Gasteiger partial charge is 0.508 e.